The predicted octanol–water partition coefficient (Wildman–Crippen LogP) is 2.50. The standard InChI is InChI=1S/C21H19N3O7/c1-12(2)13-6-3-4-8-15(13)22-17(25)11-31-18(26)10-23-20(27)14-7-5-9-16(24(29)30)19(14)21(23)28/h3-9,12H,10-11H2,1-2H3,(H,22,25). The summed E-state index contributed by atoms with van der Waals surface area (Å²) in [6.07, 6.45) is 0. The minimum absolute atomic E-state index is 0.157. The third-order valence-electron chi connectivity index (χ3n) is 4.68. The van der Waals surface area contributed by atoms with Crippen molar-refractivity contribution in [1.29, 1.82) is 0 Å². The van der Waals surface area contributed by atoms with E-state index in [2.05, 4.69) is 5.32 Å². The summed E-state index contributed by atoms with van der Waals surface area (Å²) in [7, 11) is 0. The Balaban J connectivity index is 1.61. The normalized spacial score (nSPS) is 12.7. The van der Waals surface area contributed by atoms with Gasteiger partial charge in [0.1, 0.15) is 12.1 Å². The van der Waals surface area contributed by atoms with Crippen LogP contribution < -0.4 is 5.32 Å². The van der Waals surface area contributed by atoms with E-state index in [1.165, 1.54) is 12.1 Å². The lowest BCUT2D eigenvalue weighted by Crippen LogP contribution is -2.36. The molecule has 0 aromatic heterocycles. The van der Waals surface area contributed by atoms with Crippen LogP contribution in [0.25, 0.3) is 0 Å². The average molecular weight is 425 g/mol. The number of hydrogen-bond donors (Lipinski definition) is 1. The highest BCUT2D eigenvalue weighted by Crippen LogP contribution is 2.30. The second-order valence-corrected chi connectivity index (χ2v) is 7.10. The van der Waals surface area contributed by atoms with Crippen LogP contribution >= 0.6 is 0 Å². The highest BCUT2D eigenvalue weighted by molar-refractivity contribution is 6.24. The molecule has 10 nitrogen and oxygen atoms in total. The largest absolute Gasteiger partial charge is 0.454 e. The number of nitrogens with zero attached hydrogens (tertiary/aromatic N) is 2. The number of nitro benzene ring substituents is 1. The SMILES string of the molecule is CC(C)c1ccccc1NC(=O)COC(=O)CN1C(=O)c2cccc([N+](=O)[O-])c2C1=O. The Morgan fingerprint density at radius 2 is 1.81 bits per heavy atom. The van der Waals surface area contributed by atoms with Crippen molar-refractivity contribution in [3.63, 3.8) is 0 Å². The van der Waals surface area contributed by atoms with Crippen molar-refractivity contribution in [1.82, 2.24) is 4.90 Å². The summed E-state index contributed by atoms with van der Waals surface area (Å²) in [5.41, 5.74) is 0.458. The molecule has 2 aromatic carbocycles. The van der Waals surface area contributed by atoms with E-state index < -0.39 is 47.5 Å². The Kier molecular flexibility index (Phi) is 6.10. The van der Waals surface area contributed by atoms with Gasteiger partial charge >= 0.3 is 5.97 Å². The second kappa shape index (κ2) is 8.74. The summed E-state index contributed by atoms with van der Waals surface area (Å²) in [6, 6.07) is 10.9. The summed E-state index contributed by atoms with van der Waals surface area (Å²) >= 11 is 0. The Morgan fingerprint density at radius 1 is 1.10 bits per heavy atom. The number of rotatable bonds is 7. The summed E-state index contributed by atoms with van der Waals surface area (Å²) < 4.78 is 4.88. The van der Waals surface area contributed by atoms with E-state index in [1.807, 2.05) is 26.0 Å². The second-order valence-electron chi connectivity index (χ2n) is 7.10. The number of nitrogens with one attached hydrogen (secondary N) is 1. The van der Waals surface area contributed by atoms with Crippen LogP contribution in [0.1, 0.15) is 46.0 Å². The highest BCUT2D eigenvalue weighted by Gasteiger charge is 2.41. The first-order valence-corrected chi connectivity index (χ1v) is 9.38. The molecule has 0 spiro atoms. The molecule has 10 heteroatoms. The zero-order valence-corrected chi connectivity index (χ0v) is 16.8. The number of carbonyl (C=O) groups is 4. The van der Waals surface area contributed by atoms with Gasteiger partial charge in [0.2, 0.25) is 0 Å². The molecule has 0 unspecified atom stereocenters. The summed E-state index contributed by atoms with van der Waals surface area (Å²) in [5.74, 6) is -3.21. The fourth-order valence-corrected chi connectivity index (χ4v) is 3.23. The van der Waals surface area contributed by atoms with E-state index in [0.29, 0.717) is 10.6 Å². The molecule has 0 saturated heterocycles. The summed E-state index contributed by atoms with van der Waals surface area (Å²) in [4.78, 5) is 60.0. The van der Waals surface area contributed by atoms with Gasteiger partial charge in [-0.25, -0.2) is 0 Å². The smallest absolute Gasteiger partial charge is 0.326 e. The maximum Gasteiger partial charge on any atom is 0.326 e. The van der Waals surface area contributed by atoms with Gasteiger partial charge in [-0.1, -0.05) is 38.1 Å². The number of ether oxygens (including phenoxy) is 1. The van der Waals surface area contributed by atoms with Crippen LogP contribution in [-0.2, 0) is 14.3 Å². The van der Waals surface area contributed by atoms with Crippen molar-refractivity contribution in [2.24, 2.45) is 0 Å². The molecule has 3 amide bonds. The third kappa shape index (κ3) is 4.42. The average Bonchev–Trinajstić information content (AvgIpc) is 2.97. The van der Waals surface area contributed by atoms with Gasteiger partial charge < -0.3 is 10.1 Å². The lowest BCUT2D eigenvalue weighted by molar-refractivity contribution is -0.385. The number of esters is 1. The van der Waals surface area contributed by atoms with Crippen molar-refractivity contribution >= 4 is 35.1 Å². The van der Waals surface area contributed by atoms with Crippen LogP contribution in [0.4, 0.5) is 11.4 Å². The molecule has 1 N–H and O–H groups in total. The molecule has 1 heterocycles. The van der Waals surface area contributed by atoms with Gasteiger partial charge in [0.05, 0.1) is 10.5 Å². The lowest BCUT2D eigenvalue weighted by Gasteiger charge is -2.15. The number of nitro groups is 1. The van der Waals surface area contributed by atoms with E-state index in [0.717, 1.165) is 11.6 Å². The van der Waals surface area contributed by atoms with E-state index in [1.54, 1.807) is 12.1 Å². The van der Waals surface area contributed by atoms with E-state index in [4.69, 9.17) is 4.74 Å². The Bertz CT molecular complexity index is 1090. The molecule has 0 saturated carbocycles. The molecule has 0 aliphatic carbocycles. The van der Waals surface area contributed by atoms with E-state index >= 15 is 0 Å². The van der Waals surface area contributed by atoms with Crippen molar-refractivity contribution < 1.29 is 28.8 Å². The molecular formula is C21H19N3O7. The van der Waals surface area contributed by atoms with Crippen molar-refractivity contribution in [2.75, 3.05) is 18.5 Å². The molecule has 0 bridgehead atoms. The number of fused-ring (bicyclic) bond motifs is 1. The Morgan fingerprint density at radius 3 is 2.48 bits per heavy atom. The number of imide groups is 1. The van der Waals surface area contributed by atoms with E-state index in [9.17, 15) is 29.3 Å². The molecular weight excluding hydrogens is 406 g/mol. The molecule has 31 heavy (non-hydrogen) atoms. The topological polar surface area (TPSA) is 136 Å². The Labute approximate surface area is 176 Å². The van der Waals surface area contributed by atoms with Gasteiger partial charge in [0.25, 0.3) is 23.4 Å². The minimum Gasteiger partial charge on any atom is -0.454 e. The minimum atomic E-state index is -0.996. The number of para-hydroxylation sites is 1. The molecule has 2 aromatic rings. The molecule has 0 radical (unpaired) electrons. The zero-order chi connectivity index (χ0) is 22.7. The lowest BCUT2D eigenvalue weighted by atomic mass is 10.0. The van der Waals surface area contributed by atoms with Crippen LogP contribution in [0.3, 0.4) is 0 Å². The number of carbonyl (C=O) groups excluding carboxylic acids is 4. The summed E-state index contributed by atoms with van der Waals surface area (Å²) in [5, 5.41) is 13.8. The summed E-state index contributed by atoms with van der Waals surface area (Å²) in [6.45, 7) is 2.56. The Hall–Kier alpha value is -4.08. The molecule has 0 atom stereocenters. The fraction of sp³-hybridized carbons (Fsp3) is 0.238. The zero-order valence-electron chi connectivity index (χ0n) is 16.8. The number of benzene rings is 2. The van der Waals surface area contributed by atoms with Crippen molar-refractivity contribution in [2.45, 2.75) is 19.8 Å². The first kappa shape index (κ1) is 21.6. The van der Waals surface area contributed by atoms with Crippen molar-refractivity contribution in [3.8, 4) is 0 Å². The molecule has 1 aliphatic heterocycles. The van der Waals surface area contributed by atoms with Crippen LogP contribution in [0, 0.1) is 10.1 Å². The molecule has 1 aliphatic rings. The third-order valence-corrected chi connectivity index (χ3v) is 4.68. The predicted molar refractivity (Wildman–Crippen MR) is 109 cm³/mol. The molecule has 160 valence electrons. The van der Waals surface area contributed by atoms with Gasteiger partial charge in [0.15, 0.2) is 6.61 Å². The fourth-order valence-electron chi connectivity index (χ4n) is 3.23. The van der Waals surface area contributed by atoms with Crippen molar-refractivity contribution in [3.05, 3.63) is 69.3 Å². The first-order chi connectivity index (χ1) is 14.7. The monoisotopic (exact) mass is 425 g/mol. The molecule has 3 rings (SSSR count). The van der Waals surface area contributed by atoms with Gasteiger partial charge in [-0.05, 0) is 23.6 Å². The maximum atomic E-state index is 12.5. The maximum absolute atomic E-state index is 12.5. The number of hydrogen-bond acceptors (Lipinski definition) is 7. The first-order valence-electron chi connectivity index (χ1n) is 9.38. The van der Waals surface area contributed by atoms with Crippen LogP contribution in [0.15, 0.2) is 42.5 Å². The molecule has 0 fully saturated rings. The van der Waals surface area contributed by atoms with Gasteiger partial charge in [0, 0.05) is 11.8 Å². The number of anilines is 1. The van der Waals surface area contributed by atoms with Gasteiger partial charge in [-0.2, -0.15) is 0 Å². The van der Waals surface area contributed by atoms with Crippen LogP contribution in [0.2, 0.25) is 0 Å². The van der Waals surface area contributed by atoms with E-state index in [-0.39, 0.29) is 17.0 Å². The van der Waals surface area contributed by atoms with Gasteiger partial charge in [-0.3, -0.25) is 34.2 Å². The quantitative estimate of drug-likeness (QED) is 0.311. The van der Waals surface area contributed by atoms with Gasteiger partial charge in [-0.15, -0.1) is 0 Å². The van der Waals surface area contributed by atoms with Crippen LogP contribution in [0.5, 0.6) is 0 Å². The van der Waals surface area contributed by atoms with Crippen LogP contribution in [-0.4, -0.2) is 46.7 Å². The number of amides is 3. The highest BCUT2D eigenvalue weighted by atomic mass is 16.6.